The van der Waals surface area contributed by atoms with Crippen LogP contribution in [-0.2, 0) is 12.6 Å². The van der Waals surface area contributed by atoms with Crippen LogP contribution in [0.2, 0.25) is 0 Å². The Kier molecular flexibility index (Phi) is 11.4. The number of thiocarbonyl (C=S) groups is 1. The van der Waals surface area contributed by atoms with Crippen molar-refractivity contribution in [3.8, 4) is 0 Å². The summed E-state index contributed by atoms with van der Waals surface area (Å²) < 4.78 is 0.440. The van der Waals surface area contributed by atoms with Gasteiger partial charge in [0.25, 0.3) is 0 Å². The molecule has 0 aliphatic carbocycles. The van der Waals surface area contributed by atoms with Crippen LogP contribution in [0.5, 0.6) is 0 Å². The summed E-state index contributed by atoms with van der Waals surface area (Å²) >= 11 is 9.43. The van der Waals surface area contributed by atoms with E-state index in [1.807, 2.05) is 6.92 Å². The van der Waals surface area contributed by atoms with Crippen LogP contribution < -0.4 is 34.9 Å². The predicted molar refractivity (Wildman–Crippen MR) is 50.5 cm³/mol. The van der Waals surface area contributed by atoms with E-state index < -0.39 is 6.10 Å². The van der Waals surface area contributed by atoms with Crippen LogP contribution in [-0.4, -0.2) is 39.7 Å². The molecule has 66 valence electrons. The standard InChI is InChI=1S/C6H13NO2S2.Na/c1-4(6(10)11)7-2-5(9)3-8;/h4-5,7-9H,2-3H2,1H3,(H,10,11);/q;+1/p-1. The fraction of sp³-hybridized carbons (Fsp3) is 0.833. The van der Waals surface area contributed by atoms with Gasteiger partial charge in [-0.05, 0) is 6.92 Å². The van der Waals surface area contributed by atoms with Crippen LogP contribution in [0, 0.1) is 0 Å². The van der Waals surface area contributed by atoms with Crippen LogP contribution in [0.1, 0.15) is 6.92 Å². The second-order valence-corrected chi connectivity index (χ2v) is 3.42. The zero-order chi connectivity index (χ0) is 8.85. The Labute approximate surface area is 106 Å². The van der Waals surface area contributed by atoms with E-state index in [4.69, 9.17) is 35.1 Å². The van der Waals surface area contributed by atoms with E-state index in [9.17, 15) is 0 Å². The Morgan fingerprint density at radius 2 is 2.17 bits per heavy atom. The minimum atomic E-state index is -0.734. The average molecular weight is 217 g/mol. The Morgan fingerprint density at radius 1 is 1.67 bits per heavy atom. The van der Waals surface area contributed by atoms with Gasteiger partial charge in [0.2, 0.25) is 0 Å². The first kappa shape index (κ1) is 15.7. The van der Waals surface area contributed by atoms with E-state index in [-0.39, 0.29) is 42.2 Å². The molecular weight excluding hydrogens is 205 g/mol. The Morgan fingerprint density at radius 3 is 2.50 bits per heavy atom. The van der Waals surface area contributed by atoms with E-state index >= 15 is 0 Å². The van der Waals surface area contributed by atoms with Crippen molar-refractivity contribution in [3.63, 3.8) is 0 Å². The molecule has 3 N–H and O–H groups in total. The van der Waals surface area contributed by atoms with Gasteiger partial charge in [-0.2, -0.15) is 0 Å². The van der Waals surface area contributed by atoms with Gasteiger partial charge in [0, 0.05) is 12.6 Å². The van der Waals surface area contributed by atoms with Crippen LogP contribution in [0.3, 0.4) is 0 Å². The van der Waals surface area contributed by atoms with Gasteiger partial charge in [-0.15, -0.1) is 4.20 Å². The summed E-state index contributed by atoms with van der Waals surface area (Å²) in [5, 5.41) is 20.2. The van der Waals surface area contributed by atoms with Crippen molar-refractivity contribution in [2.75, 3.05) is 13.2 Å². The molecule has 0 heterocycles. The second-order valence-electron chi connectivity index (χ2n) is 2.29. The summed E-state index contributed by atoms with van der Waals surface area (Å²) in [7, 11) is 0. The molecule has 0 aliphatic heterocycles. The van der Waals surface area contributed by atoms with Crippen LogP contribution in [0.4, 0.5) is 0 Å². The number of nitrogens with one attached hydrogen (secondary N) is 1. The molecule has 0 aromatic carbocycles. The first-order chi connectivity index (χ1) is 5.07. The maximum atomic E-state index is 8.90. The quantitative estimate of drug-likeness (QED) is 0.250. The normalized spacial score (nSPS) is 14.6. The Hall–Kier alpha value is 1.19. The van der Waals surface area contributed by atoms with E-state index in [0.717, 1.165) is 0 Å². The molecule has 0 aromatic heterocycles. The van der Waals surface area contributed by atoms with Gasteiger partial charge in [-0.3, -0.25) is 0 Å². The third-order valence-corrected chi connectivity index (χ3v) is 1.93. The van der Waals surface area contributed by atoms with Crippen LogP contribution in [0.15, 0.2) is 0 Å². The van der Waals surface area contributed by atoms with E-state index in [2.05, 4.69) is 5.32 Å². The molecule has 0 radical (unpaired) electrons. The molecule has 2 unspecified atom stereocenters. The number of aliphatic hydroxyl groups excluding tert-OH is 2. The number of rotatable bonds is 5. The van der Waals surface area contributed by atoms with Crippen molar-refractivity contribution in [3.05, 3.63) is 0 Å². The van der Waals surface area contributed by atoms with Gasteiger partial charge in [0.15, 0.2) is 0 Å². The largest absolute Gasteiger partial charge is 1.00 e. The average Bonchev–Trinajstić information content (AvgIpc) is 1.99. The fourth-order valence-corrected chi connectivity index (χ4v) is 0.627. The molecule has 0 spiro atoms. The molecule has 6 heteroatoms. The molecule has 0 aliphatic rings. The van der Waals surface area contributed by atoms with Gasteiger partial charge in [0.05, 0.1) is 12.7 Å². The summed E-state index contributed by atoms with van der Waals surface area (Å²) in [6.45, 7) is 1.89. The SMILES string of the molecule is CC(NCC(O)CO)C(=S)[S-].[Na+]. The van der Waals surface area contributed by atoms with Crippen molar-refractivity contribution in [1.29, 1.82) is 0 Å². The van der Waals surface area contributed by atoms with Crippen LogP contribution >= 0.6 is 12.2 Å². The summed E-state index contributed by atoms with van der Waals surface area (Å²) in [6.07, 6.45) is -0.734. The van der Waals surface area contributed by atoms with Crippen molar-refractivity contribution in [2.45, 2.75) is 19.1 Å². The predicted octanol–water partition coefficient (Wildman–Crippen LogP) is -3.80. The van der Waals surface area contributed by atoms with Gasteiger partial charge in [-0.1, -0.05) is 0 Å². The van der Waals surface area contributed by atoms with Crippen molar-refractivity contribution >= 4 is 29.0 Å². The third-order valence-electron chi connectivity index (χ3n) is 1.22. The Balaban J connectivity index is 0. The first-order valence-corrected chi connectivity index (χ1v) is 4.12. The molecule has 0 aromatic rings. The molecule has 0 bridgehead atoms. The first-order valence-electron chi connectivity index (χ1n) is 3.31. The summed E-state index contributed by atoms with van der Waals surface area (Å²) in [5.41, 5.74) is 0. The number of aliphatic hydroxyl groups is 2. The summed E-state index contributed by atoms with van der Waals surface area (Å²) in [6, 6.07) is -0.0683. The van der Waals surface area contributed by atoms with E-state index in [1.165, 1.54) is 0 Å². The van der Waals surface area contributed by atoms with Crippen LogP contribution in [0.25, 0.3) is 0 Å². The number of hydrogen-bond donors (Lipinski definition) is 3. The summed E-state index contributed by atoms with van der Waals surface area (Å²) in [4.78, 5) is 0. The van der Waals surface area contributed by atoms with Gasteiger partial charge in [0.1, 0.15) is 0 Å². The van der Waals surface area contributed by atoms with Gasteiger partial charge >= 0.3 is 29.6 Å². The van der Waals surface area contributed by atoms with Gasteiger partial charge in [-0.25, -0.2) is 0 Å². The van der Waals surface area contributed by atoms with E-state index in [0.29, 0.717) is 10.7 Å². The Bertz CT molecular complexity index is 137. The molecule has 0 saturated heterocycles. The molecular formula is C6H12NNaO2S2. The molecule has 12 heavy (non-hydrogen) atoms. The monoisotopic (exact) mass is 217 g/mol. The number of hydrogen-bond acceptors (Lipinski definition) is 5. The van der Waals surface area contributed by atoms with Crippen molar-refractivity contribution < 1.29 is 39.8 Å². The topological polar surface area (TPSA) is 52.5 Å². The third kappa shape index (κ3) is 7.82. The fourth-order valence-electron chi connectivity index (χ4n) is 0.461. The second kappa shape index (κ2) is 8.77. The minimum Gasteiger partial charge on any atom is -0.431 e. The van der Waals surface area contributed by atoms with Gasteiger partial charge < -0.3 is 40.4 Å². The molecule has 0 rings (SSSR count). The molecule has 2 atom stereocenters. The zero-order valence-electron chi connectivity index (χ0n) is 7.28. The molecule has 0 fully saturated rings. The van der Waals surface area contributed by atoms with Crippen molar-refractivity contribution in [2.24, 2.45) is 0 Å². The summed E-state index contributed by atoms with van der Waals surface area (Å²) in [5.74, 6) is 0. The minimum absolute atomic E-state index is 0. The van der Waals surface area contributed by atoms with Crippen molar-refractivity contribution in [1.82, 2.24) is 5.32 Å². The zero-order valence-corrected chi connectivity index (χ0v) is 10.9. The molecule has 0 saturated carbocycles. The van der Waals surface area contributed by atoms with E-state index in [1.54, 1.807) is 0 Å². The maximum absolute atomic E-state index is 8.90. The molecule has 3 nitrogen and oxygen atoms in total. The smallest absolute Gasteiger partial charge is 0.431 e. The molecule has 0 amide bonds. The maximum Gasteiger partial charge on any atom is 1.00 e.